The van der Waals surface area contributed by atoms with Crippen LogP contribution in [-0.2, 0) is 11.3 Å². The predicted molar refractivity (Wildman–Crippen MR) is 147 cm³/mol. The van der Waals surface area contributed by atoms with Crippen LogP contribution in [0.1, 0.15) is 55.0 Å². The molecule has 2 aromatic heterocycles. The molecule has 2 aromatic carbocycles. The smallest absolute Gasteiger partial charge is 0.277 e. The summed E-state index contributed by atoms with van der Waals surface area (Å²) in [5.74, 6) is -0.564. The molecule has 3 heterocycles. The molecule has 40 heavy (non-hydrogen) atoms. The van der Waals surface area contributed by atoms with Crippen molar-refractivity contribution in [3.8, 4) is 0 Å². The first-order valence-electron chi connectivity index (χ1n) is 12.5. The van der Waals surface area contributed by atoms with Crippen molar-refractivity contribution in [2.45, 2.75) is 33.4 Å². The molecule has 1 unspecified atom stereocenters. The van der Waals surface area contributed by atoms with E-state index in [0.29, 0.717) is 22.8 Å². The van der Waals surface area contributed by atoms with Gasteiger partial charge in [-0.2, -0.15) is 0 Å². The predicted octanol–water partition coefficient (Wildman–Crippen LogP) is 4.17. The maximum absolute atomic E-state index is 13.5. The number of nitrogens with zero attached hydrogens (tertiary/aromatic N) is 3. The van der Waals surface area contributed by atoms with Gasteiger partial charge < -0.3 is 25.4 Å². The highest BCUT2D eigenvalue weighted by molar-refractivity contribution is 6.11. The molecule has 0 saturated carbocycles. The number of hydrogen-bond donors (Lipinski definition) is 3. The molecule has 0 fully saturated rings. The molecule has 1 aliphatic rings. The van der Waals surface area contributed by atoms with Crippen LogP contribution in [0.4, 0.5) is 17.2 Å². The van der Waals surface area contributed by atoms with Crippen molar-refractivity contribution in [2.24, 2.45) is 0 Å². The maximum Gasteiger partial charge on any atom is 0.277 e. The lowest BCUT2D eigenvalue weighted by Crippen LogP contribution is -2.42. The molecule has 0 saturated heterocycles. The summed E-state index contributed by atoms with van der Waals surface area (Å²) in [7, 11) is 0. The maximum atomic E-state index is 13.5. The topological polar surface area (TPSA) is 147 Å². The molecule has 11 nitrogen and oxygen atoms in total. The SMILES string of the molecule is Cc1ccc(NC(=O)c2ccc(CN3C(=O)c4ccc(NC(=O)c5cc(C)on5)cc4NC(=O)C3C)cc2)nc1. The van der Waals surface area contributed by atoms with Crippen molar-refractivity contribution in [1.29, 1.82) is 0 Å². The highest BCUT2D eigenvalue weighted by atomic mass is 16.5. The van der Waals surface area contributed by atoms with Crippen LogP contribution >= 0.6 is 0 Å². The van der Waals surface area contributed by atoms with Gasteiger partial charge in [0.15, 0.2) is 5.69 Å². The van der Waals surface area contributed by atoms with Crippen molar-refractivity contribution in [3.63, 3.8) is 0 Å². The van der Waals surface area contributed by atoms with Crippen molar-refractivity contribution in [3.05, 3.63) is 101 Å². The number of amides is 4. The molecule has 0 bridgehead atoms. The second kappa shape index (κ2) is 10.8. The Morgan fingerprint density at radius 3 is 2.42 bits per heavy atom. The van der Waals surface area contributed by atoms with E-state index in [-0.39, 0.29) is 41.2 Å². The van der Waals surface area contributed by atoms with Gasteiger partial charge in [0.25, 0.3) is 17.7 Å². The minimum Gasteiger partial charge on any atom is -0.361 e. The third-order valence-corrected chi connectivity index (χ3v) is 6.46. The molecule has 0 spiro atoms. The van der Waals surface area contributed by atoms with Gasteiger partial charge >= 0.3 is 0 Å². The first-order chi connectivity index (χ1) is 19.2. The minimum atomic E-state index is -0.772. The monoisotopic (exact) mass is 538 g/mol. The number of aryl methyl sites for hydroxylation is 2. The summed E-state index contributed by atoms with van der Waals surface area (Å²) in [5.41, 5.74) is 3.23. The summed E-state index contributed by atoms with van der Waals surface area (Å²) in [5, 5.41) is 11.9. The van der Waals surface area contributed by atoms with Crippen molar-refractivity contribution >= 4 is 40.8 Å². The standard InChI is InChI=1S/C29H26N6O5/c1-16-4-11-25(30-14-16)33-27(37)20-7-5-19(6-8-20)15-35-18(3)26(36)32-23-13-21(9-10-22(23)29(35)39)31-28(38)24-12-17(2)40-34-24/h4-14,18H,15H2,1-3H3,(H,31,38)(H,32,36)(H,30,33,37). The normalized spacial score (nSPS) is 14.7. The highest BCUT2D eigenvalue weighted by Crippen LogP contribution is 2.28. The third kappa shape index (κ3) is 5.58. The number of anilines is 3. The van der Waals surface area contributed by atoms with Crippen LogP contribution in [0, 0.1) is 13.8 Å². The number of rotatable bonds is 6. The quantitative estimate of drug-likeness (QED) is 0.334. The van der Waals surface area contributed by atoms with Gasteiger partial charge in [-0.05, 0) is 68.3 Å². The Bertz CT molecular complexity index is 1610. The minimum absolute atomic E-state index is 0.114. The number of carbonyl (C=O) groups is 4. The first-order valence-corrected chi connectivity index (χ1v) is 12.5. The molecule has 4 aromatic rings. The number of benzene rings is 2. The molecule has 1 aliphatic heterocycles. The van der Waals surface area contributed by atoms with E-state index in [9.17, 15) is 19.2 Å². The lowest BCUT2D eigenvalue weighted by Gasteiger charge is -2.26. The summed E-state index contributed by atoms with van der Waals surface area (Å²) >= 11 is 0. The summed E-state index contributed by atoms with van der Waals surface area (Å²) in [6.07, 6.45) is 1.67. The lowest BCUT2D eigenvalue weighted by molar-refractivity contribution is -0.120. The largest absolute Gasteiger partial charge is 0.361 e. The van der Waals surface area contributed by atoms with Crippen LogP contribution in [0.2, 0.25) is 0 Å². The molecule has 0 radical (unpaired) electrons. The van der Waals surface area contributed by atoms with Gasteiger partial charge in [0.1, 0.15) is 17.6 Å². The van der Waals surface area contributed by atoms with E-state index in [4.69, 9.17) is 4.52 Å². The Hall–Kier alpha value is -5.32. The lowest BCUT2D eigenvalue weighted by atomic mass is 10.1. The zero-order chi connectivity index (χ0) is 28.4. The Balaban J connectivity index is 1.30. The van der Waals surface area contributed by atoms with Gasteiger partial charge in [0, 0.05) is 30.1 Å². The number of carbonyl (C=O) groups excluding carboxylic acids is 4. The van der Waals surface area contributed by atoms with Crippen LogP contribution in [0.3, 0.4) is 0 Å². The fourth-order valence-corrected chi connectivity index (χ4v) is 4.19. The van der Waals surface area contributed by atoms with E-state index >= 15 is 0 Å². The summed E-state index contributed by atoms with van der Waals surface area (Å²) in [6, 6.07) is 15.8. The molecule has 5 rings (SSSR count). The molecule has 1 atom stereocenters. The second-order valence-electron chi connectivity index (χ2n) is 9.51. The first kappa shape index (κ1) is 26.3. The van der Waals surface area contributed by atoms with Gasteiger partial charge in [-0.25, -0.2) is 4.98 Å². The Morgan fingerprint density at radius 2 is 1.75 bits per heavy atom. The van der Waals surface area contributed by atoms with E-state index in [1.807, 2.05) is 13.0 Å². The number of fused-ring (bicyclic) bond motifs is 1. The molecule has 4 amide bonds. The second-order valence-corrected chi connectivity index (χ2v) is 9.51. The zero-order valence-electron chi connectivity index (χ0n) is 22.0. The number of hydrogen-bond acceptors (Lipinski definition) is 7. The number of pyridine rings is 1. The molecular weight excluding hydrogens is 512 g/mol. The van der Waals surface area contributed by atoms with Crippen LogP contribution in [0.5, 0.6) is 0 Å². The fraction of sp³-hybridized carbons (Fsp3) is 0.172. The van der Waals surface area contributed by atoms with Crippen LogP contribution in [0.25, 0.3) is 0 Å². The summed E-state index contributed by atoms with van der Waals surface area (Å²) in [6.45, 7) is 5.38. The van der Waals surface area contributed by atoms with Gasteiger partial charge in [-0.1, -0.05) is 23.4 Å². The van der Waals surface area contributed by atoms with Gasteiger partial charge in [-0.15, -0.1) is 0 Å². The van der Waals surface area contributed by atoms with Crippen LogP contribution in [0.15, 0.2) is 71.4 Å². The van der Waals surface area contributed by atoms with Crippen LogP contribution in [-0.4, -0.2) is 44.7 Å². The van der Waals surface area contributed by atoms with E-state index in [1.54, 1.807) is 62.5 Å². The Kier molecular flexibility index (Phi) is 7.11. The Morgan fingerprint density at radius 1 is 0.975 bits per heavy atom. The average Bonchev–Trinajstić information content (AvgIpc) is 3.36. The number of aromatic nitrogens is 2. The van der Waals surface area contributed by atoms with Crippen molar-refractivity contribution < 1.29 is 23.7 Å². The zero-order valence-corrected chi connectivity index (χ0v) is 22.0. The van der Waals surface area contributed by atoms with E-state index < -0.39 is 11.9 Å². The van der Waals surface area contributed by atoms with E-state index in [0.717, 1.165) is 11.1 Å². The Labute approximate surface area is 229 Å². The van der Waals surface area contributed by atoms with E-state index in [1.165, 1.54) is 17.0 Å². The number of nitrogens with one attached hydrogen (secondary N) is 3. The van der Waals surface area contributed by atoms with Gasteiger partial charge in [0.2, 0.25) is 5.91 Å². The molecule has 202 valence electrons. The van der Waals surface area contributed by atoms with E-state index in [2.05, 4.69) is 26.1 Å². The molecule has 11 heteroatoms. The van der Waals surface area contributed by atoms with Gasteiger partial charge in [-0.3, -0.25) is 19.2 Å². The average molecular weight is 539 g/mol. The van der Waals surface area contributed by atoms with Crippen molar-refractivity contribution in [2.75, 3.05) is 16.0 Å². The fourth-order valence-electron chi connectivity index (χ4n) is 4.19. The highest BCUT2D eigenvalue weighted by Gasteiger charge is 2.32. The molecule has 0 aliphatic carbocycles. The van der Waals surface area contributed by atoms with Gasteiger partial charge in [0.05, 0.1) is 11.3 Å². The summed E-state index contributed by atoms with van der Waals surface area (Å²) in [4.78, 5) is 57.1. The third-order valence-electron chi connectivity index (χ3n) is 6.46. The van der Waals surface area contributed by atoms with Crippen LogP contribution < -0.4 is 16.0 Å². The summed E-state index contributed by atoms with van der Waals surface area (Å²) < 4.78 is 4.94. The molecule has 3 N–H and O–H groups in total. The van der Waals surface area contributed by atoms with Crippen molar-refractivity contribution in [1.82, 2.24) is 15.0 Å². The molecular formula is C29H26N6O5.